The Hall–Kier alpha value is -1.46. The van der Waals surface area contributed by atoms with Crippen LogP contribution in [-0.4, -0.2) is 29.7 Å². The highest BCUT2D eigenvalue weighted by atomic mass is 16.5. The summed E-state index contributed by atoms with van der Waals surface area (Å²) < 4.78 is 4.80. The zero-order chi connectivity index (χ0) is 9.64. The number of Topliss-reactive ketones (excluding diaryl/α,β-unsaturated/α-hetero) is 3. The van der Waals surface area contributed by atoms with E-state index in [0.717, 1.165) is 0 Å². The van der Waals surface area contributed by atoms with Crippen molar-refractivity contribution in [3.8, 4) is 0 Å². The lowest BCUT2D eigenvalue weighted by atomic mass is 9.37. The van der Waals surface area contributed by atoms with Crippen molar-refractivity contribution in [1.82, 2.24) is 0 Å². The molecule has 0 radical (unpaired) electrons. The molecule has 2 aliphatic heterocycles. The zero-order valence-corrected chi connectivity index (χ0v) is 6.74. The molecule has 0 amide bonds. The van der Waals surface area contributed by atoms with Crippen LogP contribution in [0.5, 0.6) is 0 Å². The van der Waals surface area contributed by atoms with Crippen LogP contribution in [0.15, 0.2) is 0 Å². The van der Waals surface area contributed by atoms with Crippen LogP contribution in [-0.2, 0) is 23.8 Å². The molecule has 0 bridgehead atoms. The first kappa shape index (κ1) is 8.16. The van der Waals surface area contributed by atoms with Crippen molar-refractivity contribution in [3.63, 3.8) is 0 Å². The van der Waals surface area contributed by atoms with Crippen LogP contribution in [0.25, 0.3) is 0 Å². The van der Waals surface area contributed by atoms with E-state index >= 15 is 0 Å². The van der Waals surface area contributed by atoms with Crippen molar-refractivity contribution < 1.29 is 23.8 Å². The third-order valence-electron chi connectivity index (χ3n) is 2.57. The second-order valence-corrected chi connectivity index (χ2v) is 3.65. The van der Waals surface area contributed by atoms with Gasteiger partial charge in [0.15, 0.2) is 17.9 Å². The molecule has 2 saturated heterocycles. The molecule has 2 fully saturated rings. The Bertz CT molecular complexity index is 275. The first-order valence-corrected chi connectivity index (χ1v) is 4.04. The van der Waals surface area contributed by atoms with E-state index in [1.165, 1.54) is 0 Å². The monoisotopic (exact) mass is 181 g/mol. The predicted octanol–water partition coefficient (Wildman–Crippen LogP) is -0.790. The highest BCUT2D eigenvalue weighted by Gasteiger charge is 2.48. The van der Waals surface area contributed by atoms with Gasteiger partial charge in [-0.2, -0.15) is 0 Å². The fraction of sp³-hybridized carbons (Fsp3) is 0.429. The number of hydrogen-bond donors (Lipinski definition) is 0. The van der Waals surface area contributed by atoms with Crippen LogP contribution in [0.4, 0.5) is 0 Å². The number of carbonyl (C=O) groups excluding carboxylic acids is 4. The zero-order valence-electron chi connectivity index (χ0n) is 6.74. The molecule has 2 rings (SSSR count). The van der Waals surface area contributed by atoms with Gasteiger partial charge in [0, 0.05) is 0 Å². The second kappa shape index (κ2) is 2.28. The van der Waals surface area contributed by atoms with Crippen LogP contribution in [0.3, 0.4) is 0 Å². The summed E-state index contributed by atoms with van der Waals surface area (Å²) in [7, 11) is 0. The first-order chi connectivity index (χ1) is 6.02. The van der Waals surface area contributed by atoms with Crippen molar-refractivity contribution >= 4 is 29.7 Å². The standard InChI is InChI=1S/C7H6BO5/c9-4-1-8(2-5(4)10)3-6(11)7(12)13-8/h1-3H2/q-1. The Kier molecular flexibility index (Phi) is 1.43. The fourth-order valence-electron chi connectivity index (χ4n) is 1.96. The molecule has 1 spiro atoms. The van der Waals surface area contributed by atoms with Gasteiger partial charge in [0.05, 0.1) is 0 Å². The minimum Gasteiger partial charge on any atom is -0.681 e. The van der Waals surface area contributed by atoms with Crippen LogP contribution in [0, 0.1) is 0 Å². The van der Waals surface area contributed by atoms with E-state index < -0.39 is 29.7 Å². The van der Waals surface area contributed by atoms with Gasteiger partial charge in [-0.15, -0.1) is 0 Å². The molecule has 0 unspecified atom stereocenters. The molecule has 0 aromatic rings. The fourth-order valence-corrected chi connectivity index (χ4v) is 1.96. The van der Waals surface area contributed by atoms with Gasteiger partial charge in [0.25, 0.3) is 0 Å². The maximum atomic E-state index is 10.9. The molecule has 0 N–H and O–H groups in total. The molecule has 68 valence electrons. The maximum Gasteiger partial charge on any atom is 0.323 e. The lowest BCUT2D eigenvalue weighted by molar-refractivity contribution is -0.144. The van der Waals surface area contributed by atoms with Gasteiger partial charge in [-0.25, -0.2) is 4.79 Å². The van der Waals surface area contributed by atoms with Gasteiger partial charge in [-0.05, 0) is 0 Å². The minimum atomic E-state index is -1.80. The molecule has 0 saturated carbocycles. The van der Waals surface area contributed by atoms with E-state index in [4.69, 9.17) is 4.65 Å². The summed E-state index contributed by atoms with van der Waals surface area (Å²) in [6.07, 6.45) is -2.02. The Morgan fingerprint density at radius 2 is 1.31 bits per heavy atom. The number of hydrogen-bond acceptors (Lipinski definition) is 5. The molecule has 6 heteroatoms. The third-order valence-corrected chi connectivity index (χ3v) is 2.57. The molecular formula is C7H6BO5-. The highest BCUT2D eigenvalue weighted by molar-refractivity contribution is 6.94. The SMILES string of the molecule is O=C1C[B-]2(CC1=O)CC(=O)C(=O)O2. The average Bonchev–Trinajstić information content (AvgIpc) is 2.39. The first-order valence-electron chi connectivity index (χ1n) is 4.04. The summed E-state index contributed by atoms with van der Waals surface area (Å²) in [5, 5.41) is 0. The van der Waals surface area contributed by atoms with Crippen LogP contribution < -0.4 is 0 Å². The molecule has 0 atom stereocenters. The number of ketones is 3. The average molecular weight is 181 g/mol. The summed E-state index contributed by atoms with van der Waals surface area (Å²) in [6.45, 7) is 0. The molecule has 0 aromatic heterocycles. The van der Waals surface area contributed by atoms with E-state index in [2.05, 4.69) is 0 Å². The highest BCUT2D eigenvalue weighted by Crippen LogP contribution is 2.34. The van der Waals surface area contributed by atoms with Crippen molar-refractivity contribution in [2.75, 3.05) is 0 Å². The van der Waals surface area contributed by atoms with Gasteiger partial charge < -0.3 is 4.65 Å². The summed E-state index contributed by atoms with van der Waals surface area (Å²) >= 11 is 0. The number of rotatable bonds is 0. The van der Waals surface area contributed by atoms with Crippen molar-refractivity contribution in [2.24, 2.45) is 0 Å². The van der Waals surface area contributed by atoms with E-state index in [1.54, 1.807) is 0 Å². The molecule has 2 aliphatic rings. The van der Waals surface area contributed by atoms with Gasteiger partial charge in [0.2, 0.25) is 5.78 Å². The van der Waals surface area contributed by atoms with Gasteiger partial charge in [0.1, 0.15) is 0 Å². The molecule has 2 heterocycles. The largest absolute Gasteiger partial charge is 0.681 e. The van der Waals surface area contributed by atoms with E-state index in [1.807, 2.05) is 0 Å². The van der Waals surface area contributed by atoms with E-state index in [-0.39, 0.29) is 19.0 Å². The third kappa shape index (κ3) is 1.09. The predicted molar refractivity (Wildman–Crippen MR) is 41.3 cm³/mol. The molecule has 5 nitrogen and oxygen atoms in total. The van der Waals surface area contributed by atoms with Gasteiger partial charge >= 0.3 is 5.97 Å². The summed E-state index contributed by atoms with van der Waals surface area (Å²) in [4.78, 5) is 43.5. The van der Waals surface area contributed by atoms with Crippen LogP contribution >= 0.6 is 0 Å². The normalized spacial score (nSPS) is 25.8. The number of carbonyl (C=O) groups is 4. The molecular weight excluding hydrogens is 175 g/mol. The van der Waals surface area contributed by atoms with Crippen LogP contribution in [0.1, 0.15) is 0 Å². The van der Waals surface area contributed by atoms with Gasteiger partial charge in [-0.3, -0.25) is 14.4 Å². The van der Waals surface area contributed by atoms with Crippen molar-refractivity contribution in [2.45, 2.75) is 19.0 Å². The van der Waals surface area contributed by atoms with E-state index in [9.17, 15) is 19.2 Å². The van der Waals surface area contributed by atoms with Crippen molar-refractivity contribution in [1.29, 1.82) is 0 Å². The summed E-state index contributed by atoms with van der Waals surface area (Å²) in [6, 6.07) is 0. The Labute approximate surface area is 73.4 Å². The van der Waals surface area contributed by atoms with Crippen LogP contribution in [0.2, 0.25) is 19.0 Å². The maximum absolute atomic E-state index is 10.9. The van der Waals surface area contributed by atoms with Crippen molar-refractivity contribution in [3.05, 3.63) is 0 Å². The summed E-state index contributed by atoms with van der Waals surface area (Å²) in [5.41, 5.74) is 0. The summed E-state index contributed by atoms with van der Waals surface area (Å²) in [5.74, 6) is -2.57. The smallest absolute Gasteiger partial charge is 0.323 e. The lowest BCUT2D eigenvalue weighted by Crippen LogP contribution is -2.30. The Balaban J connectivity index is 2.27. The van der Waals surface area contributed by atoms with E-state index in [0.29, 0.717) is 0 Å². The molecule has 13 heavy (non-hydrogen) atoms. The Morgan fingerprint density at radius 1 is 0.846 bits per heavy atom. The van der Waals surface area contributed by atoms with Gasteiger partial charge in [-0.1, -0.05) is 19.0 Å². The molecule has 0 aliphatic carbocycles. The topological polar surface area (TPSA) is 77.5 Å². The lowest BCUT2D eigenvalue weighted by Gasteiger charge is -2.24. The second-order valence-electron chi connectivity index (χ2n) is 3.65. The minimum absolute atomic E-state index is 0.0731. The Morgan fingerprint density at radius 3 is 1.69 bits per heavy atom. The quantitative estimate of drug-likeness (QED) is 0.361. The molecule has 0 aromatic carbocycles.